The Kier molecular flexibility index (Phi) is 16.1. The Balaban J connectivity index is 0.00000109. The van der Waals surface area contributed by atoms with Gasteiger partial charge < -0.3 is 28.4 Å². The summed E-state index contributed by atoms with van der Waals surface area (Å²) in [7, 11) is 0. The fourth-order valence-corrected chi connectivity index (χ4v) is 2.22. The first kappa shape index (κ1) is 43.1. The summed E-state index contributed by atoms with van der Waals surface area (Å²) in [6.45, 7) is 7.00. The minimum atomic E-state index is -8.17. The van der Waals surface area contributed by atoms with Crippen molar-refractivity contribution in [2.75, 3.05) is 59.6 Å². The molecule has 0 aromatic carbocycles. The van der Waals surface area contributed by atoms with E-state index in [1.54, 1.807) is 0 Å². The lowest BCUT2D eigenvalue weighted by Gasteiger charge is -2.41. The lowest BCUT2D eigenvalue weighted by atomic mass is 9.79. The molecule has 4 heterocycles. The maximum Gasteiger partial charge on any atom is 0.449 e. The van der Waals surface area contributed by atoms with Gasteiger partial charge in [-0.15, -0.1) is 0 Å². The van der Waals surface area contributed by atoms with Crippen molar-refractivity contribution in [2.24, 2.45) is 0 Å². The molecule has 45 heavy (non-hydrogen) atoms. The SMILES string of the molecule is C1CO1.C1CO1.C1CO1.CCC1CO1.CCOCOC(=C(C(F)(C(F)(F)F)C(F)(F)F)C(F)(C(F)(F)F)C(F)(F)F)C(F)(F)F. The summed E-state index contributed by atoms with van der Waals surface area (Å²) in [4.78, 5) is 0. The van der Waals surface area contributed by atoms with Gasteiger partial charge in [0.2, 0.25) is 5.76 Å². The number of hydrogen-bond donors (Lipinski definition) is 0. The molecule has 4 aliphatic rings. The molecule has 0 amide bonds. The summed E-state index contributed by atoms with van der Waals surface area (Å²) in [5.41, 5.74) is -21.8. The van der Waals surface area contributed by atoms with E-state index in [-0.39, 0.29) is 0 Å². The third-order valence-corrected chi connectivity index (χ3v) is 4.70. The Hall–Kier alpha value is -1.85. The van der Waals surface area contributed by atoms with Crippen molar-refractivity contribution in [3.05, 3.63) is 11.3 Å². The molecule has 0 aromatic heterocycles. The molecule has 4 fully saturated rings. The van der Waals surface area contributed by atoms with Crippen LogP contribution in [0.4, 0.5) is 74.6 Å². The van der Waals surface area contributed by atoms with Crippen molar-refractivity contribution in [3.63, 3.8) is 0 Å². The smallest absolute Gasteiger partial charge is 0.449 e. The number of alkyl halides is 17. The minimum Gasteiger partial charge on any atom is -0.462 e. The zero-order valence-corrected chi connectivity index (χ0v) is 23.0. The molecule has 270 valence electrons. The summed E-state index contributed by atoms with van der Waals surface area (Å²) >= 11 is 0. The standard InChI is InChI=1S/C12H7F17O2.C4H8O.3C2H4O/c1-2-30-3-31-5(8(15,16)17)4(6(13,9(18,19)20)10(21,22)23)7(14,11(24,25)26)12(27,28)29;1-2-4-3-5-4;3*1-2-3-1/h2-3H2,1H3;4H,2-3H2,1H3;3*1-2H2. The van der Waals surface area contributed by atoms with Gasteiger partial charge in [0, 0.05) is 6.61 Å². The summed E-state index contributed by atoms with van der Waals surface area (Å²) in [6.07, 6.45) is -37.4. The normalized spacial score (nSPS) is 19.0. The molecule has 0 aromatic rings. The van der Waals surface area contributed by atoms with Crippen LogP contribution in [0.15, 0.2) is 11.3 Å². The molecule has 0 spiro atoms. The fourth-order valence-electron chi connectivity index (χ4n) is 2.22. The zero-order valence-electron chi connectivity index (χ0n) is 23.0. The quantitative estimate of drug-likeness (QED) is 0.0908. The zero-order chi connectivity index (χ0) is 35.5. The Bertz CT molecular complexity index is 792. The van der Waals surface area contributed by atoms with Gasteiger partial charge in [-0.3, -0.25) is 0 Å². The molecule has 1 unspecified atom stereocenters. The molecule has 0 radical (unpaired) electrons. The van der Waals surface area contributed by atoms with Crippen LogP contribution in [0.5, 0.6) is 0 Å². The van der Waals surface area contributed by atoms with Gasteiger partial charge in [-0.1, -0.05) is 6.92 Å². The first-order chi connectivity index (χ1) is 20.2. The predicted molar refractivity (Wildman–Crippen MR) is 115 cm³/mol. The van der Waals surface area contributed by atoms with E-state index in [1.165, 1.54) is 6.42 Å². The molecule has 6 nitrogen and oxygen atoms in total. The van der Waals surface area contributed by atoms with E-state index >= 15 is 0 Å². The van der Waals surface area contributed by atoms with Crippen LogP contribution in [0.25, 0.3) is 0 Å². The Morgan fingerprint density at radius 2 is 0.867 bits per heavy atom. The average molecular weight is 710 g/mol. The molecule has 0 N–H and O–H groups in total. The molecular formula is C22H27F17O6. The van der Waals surface area contributed by atoms with Crippen LogP contribution in [0, 0.1) is 0 Å². The second-order valence-corrected chi connectivity index (χ2v) is 8.47. The maximum absolute atomic E-state index is 14.1. The largest absolute Gasteiger partial charge is 0.462 e. The highest BCUT2D eigenvalue weighted by Gasteiger charge is 2.88. The van der Waals surface area contributed by atoms with Crippen molar-refractivity contribution in [1.82, 2.24) is 0 Å². The van der Waals surface area contributed by atoms with E-state index in [2.05, 4.69) is 30.6 Å². The maximum atomic E-state index is 14.1. The van der Waals surface area contributed by atoms with E-state index in [1.807, 2.05) is 0 Å². The van der Waals surface area contributed by atoms with E-state index in [9.17, 15) is 74.6 Å². The van der Waals surface area contributed by atoms with Crippen molar-refractivity contribution < 1.29 is 103 Å². The topological polar surface area (TPSA) is 68.6 Å². The summed E-state index contributed by atoms with van der Waals surface area (Å²) in [5.74, 6) is -4.53. The number of rotatable bonds is 7. The summed E-state index contributed by atoms with van der Waals surface area (Å²) < 4.78 is 246. The monoisotopic (exact) mass is 710 g/mol. The van der Waals surface area contributed by atoms with E-state index in [0.29, 0.717) is 6.10 Å². The van der Waals surface area contributed by atoms with E-state index < -0.39 is 67.0 Å². The van der Waals surface area contributed by atoms with Crippen LogP contribution in [-0.2, 0) is 28.4 Å². The van der Waals surface area contributed by atoms with Gasteiger partial charge in [0.15, 0.2) is 6.79 Å². The lowest BCUT2D eigenvalue weighted by molar-refractivity contribution is -0.366. The third-order valence-electron chi connectivity index (χ3n) is 4.70. The highest BCUT2D eigenvalue weighted by Crippen LogP contribution is 2.63. The van der Waals surface area contributed by atoms with Crippen LogP contribution in [-0.4, -0.2) is 108 Å². The molecule has 4 saturated heterocycles. The molecule has 0 bridgehead atoms. The molecule has 0 saturated carbocycles. The molecule has 23 heteroatoms. The summed E-state index contributed by atoms with van der Waals surface area (Å²) in [6, 6.07) is 0. The lowest BCUT2D eigenvalue weighted by Crippen LogP contribution is -2.66. The molecule has 0 aliphatic carbocycles. The van der Waals surface area contributed by atoms with Crippen LogP contribution in [0.3, 0.4) is 0 Å². The number of ether oxygens (including phenoxy) is 6. The Morgan fingerprint density at radius 1 is 0.578 bits per heavy atom. The third kappa shape index (κ3) is 14.2. The highest BCUT2D eigenvalue weighted by atomic mass is 19.4. The second-order valence-electron chi connectivity index (χ2n) is 8.47. The van der Waals surface area contributed by atoms with Crippen LogP contribution in [0.1, 0.15) is 20.3 Å². The van der Waals surface area contributed by atoms with Crippen LogP contribution < -0.4 is 0 Å². The van der Waals surface area contributed by atoms with Gasteiger partial charge in [-0.2, -0.15) is 65.9 Å². The number of hydrogen-bond acceptors (Lipinski definition) is 6. The first-order valence-electron chi connectivity index (χ1n) is 12.3. The highest BCUT2D eigenvalue weighted by molar-refractivity contribution is 5.40. The molecular weight excluding hydrogens is 683 g/mol. The average Bonchev–Trinajstić information content (AvgIpc) is 3.73. The van der Waals surface area contributed by atoms with Gasteiger partial charge in [-0.25, -0.2) is 8.78 Å². The molecule has 1 atom stereocenters. The fraction of sp³-hybridized carbons (Fsp3) is 0.909. The van der Waals surface area contributed by atoms with E-state index in [0.717, 1.165) is 53.2 Å². The van der Waals surface area contributed by atoms with Gasteiger partial charge >= 0.3 is 42.2 Å². The molecule has 4 rings (SSSR count). The Labute approximate surface area is 243 Å². The van der Waals surface area contributed by atoms with Crippen molar-refractivity contribution >= 4 is 0 Å². The summed E-state index contributed by atoms with van der Waals surface area (Å²) in [5, 5.41) is 0. The van der Waals surface area contributed by atoms with Crippen LogP contribution in [0.2, 0.25) is 0 Å². The van der Waals surface area contributed by atoms with Gasteiger partial charge in [0.05, 0.1) is 57.9 Å². The van der Waals surface area contributed by atoms with Crippen molar-refractivity contribution in [2.45, 2.75) is 68.6 Å². The predicted octanol–water partition coefficient (Wildman–Crippen LogP) is 7.32. The Morgan fingerprint density at radius 3 is 1.00 bits per heavy atom. The van der Waals surface area contributed by atoms with Gasteiger partial charge in [0.1, 0.15) is 0 Å². The van der Waals surface area contributed by atoms with Gasteiger partial charge in [0.25, 0.3) is 0 Å². The van der Waals surface area contributed by atoms with Gasteiger partial charge in [-0.05, 0) is 13.3 Å². The van der Waals surface area contributed by atoms with Crippen molar-refractivity contribution in [1.29, 1.82) is 0 Å². The number of epoxide rings is 4. The van der Waals surface area contributed by atoms with E-state index in [4.69, 9.17) is 4.74 Å². The van der Waals surface area contributed by atoms with Crippen molar-refractivity contribution in [3.8, 4) is 0 Å². The number of allylic oxidation sites excluding steroid dienone is 2. The number of halogens is 17. The minimum absolute atomic E-state index is 0.634. The first-order valence-corrected chi connectivity index (χ1v) is 12.3. The van der Waals surface area contributed by atoms with Crippen LogP contribution >= 0.6 is 0 Å². The second kappa shape index (κ2) is 16.8. The molecule has 4 aliphatic heterocycles.